The van der Waals surface area contributed by atoms with Gasteiger partial charge in [0.2, 0.25) is 0 Å². The van der Waals surface area contributed by atoms with Crippen molar-refractivity contribution in [3.05, 3.63) is 24.0 Å². The first-order valence-corrected chi connectivity index (χ1v) is 5.28. The largest absolute Gasteiger partial charge is 0.480 e. The van der Waals surface area contributed by atoms with E-state index in [1.54, 1.807) is 22.9 Å². The maximum absolute atomic E-state index is 11.8. The van der Waals surface area contributed by atoms with Gasteiger partial charge in [0, 0.05) is 12.2 Å². The average molecular weight is 240 g/mol. The van der Waals surface area contributed by atoms with E-state index in [1.165, 1.54) is 0 Å². The fourth-order valence-electron chi connectivity index (χ4n) is 1.45. The van der Waals surface area contributed by atoms with Gasteiger partial charge in [-0.3, -0.25) is 4.79 Å². The number of carbonyl (C=O) groups is 2. The fraction of sp³-hybridized carbons (Fsp3) is 0.455. The van der Waals surface area contributed by atoms with Crippen LogP contribution in [0.3, 0.4) is 0 Å². The second-order valence-electron chi connectivity index (χ2n) is 3.94. The Bertz CT molecular complexity index is 411. The summed E-state index contributed by atoms with van der Waals surface area (Å²) in [6.07, 6.45) is 1.74. The monoisotopic (exact) mass is 240 g/mol. The highest BCUT2D eigenvalue weighted by molar-refractivity contribution is 5.95. The van der Waals surface area contributed by atoms with E-state index in [0.717, 1.165) is 0 Å². The molecule has 0 unspecified atom stereocenters. The number of rotatable bonds is 5. The van der Waals surface area contributed by atoms with Gasteiger partial charge in [-0.1, -0.05) is 0 Å². The number of aromatic nitrogens is 1. The Kier molecular flexibility index (Phi) is 4.28. The van der Waals surface area contributed by atoms with Crippen LogP contribution in [0.4, 0.5) is 0 Å². The van der Waals surface area contributed by atoms with Gasteiger partial charge in [0.25, 0.3) is 5.91 Å². The lowest BCUT2D eigenvalue weighted by Gasteiger charge is -2.15. The molecule has 6 heteroatoms. The molecule has 0 spiro atoms. The van der Waals surface area contributed by atoms with Crippen LogP contribution in [0.5, 0.6) is 0 Å². The number of aliphatic hydroxyl groups excluding tert-OH is 1. The Morgan fingerprint density at radius 2 is 2.12 bits per heavy atom. The zero-order chi connectivity index (χ0) is 13.0. The van der Waals surface area contributed by atoms with Crippen molar-refractivity contribution in [1.82, 2.24) is 9.88 Å². The number of carboxylic acids is 1. The highest BCUT2D eigenvalue weighted by Gasteiger charge is 2.21. The molecule has 0 bridgehead atoms. The predicted molar refractivity (Wildman–Crippen MR) is 60.8 cm³/mol. The Balaban J connectivity index is 2.82. The molecule has 0 aliphatic carbocycles. The van der Waals surface area contributed by atoms with Crippen molar-refractivity contribution in [3.63, 3.8) is 0 Å². The molecule has 0 fully saturated rings. The summed E-state index contributed by atoms with van der Waals surface area (Å²) < 4.78 is 1.73. The Hall–Kier alpha value is -1.82. The van der Waals surface area contributed by atoms with Crippen LogP contribution in [0, 0.1) is 0 Å². The Labute approximate surface area is 98.9 Å². The highest BCUT2D eigenvalue weighted by atomic mass is 16.4. The van der Waals surface area contributed by atoms with Crippen molar-refractivity contribution in [2.45, 2.75) is 25.9 Å². The number of carbonyl (C=O) groups excluding carboxylic acids is 1. The normalized spacial score (nSPS) is 12.5. The third-order valence-corrected chi connectivity index (χ3v) is 2.35. The van der Waals surface area contributed by atoms with Gasteiger partial charge in [-0.15, -0.1) is 0 Å². The first-order chi connectivity index (χ1) is 7.97. The quantitative estimate of drug-likeness (QED) is 0.687. The summed E-state index contributed by atoms with van der Waals surface area (Å²) in [5, 5.41) is 19.8. The standard InChI is InChI=1S/C11H16N2O4/c1-7(2)13-5-3-4-9(13)10(15)12-8(6-14)11(16)17/h3-5,7-8,14H,6H2,1-2H3,(H,12,15)(H,16,17)/t8-/m1/s1. The predicted octanol–water partition coefficient (Wildman–Crippen LogP) is 0.244. The van der Waals surface area contributed by atoms with E-state index in [4.69, 9.17) is 10.2 Å². The molecular formula is C11H16N2O4. The van der Waals surface area contributed by atoms with Crippen LogP contribution >= 0.6 is 0 Å². The van der Waals surface area contributed by atoms with Gasteiger partial charge >= 0.3 is 5.97 Å². The van der Waals surface area contributed by atoms with Gasteiger partial charge in [0.05, 0.1) is 6.61 Å². The summed E-state index contributed by atoms with van der Waals surface area (Å²) in [7, 11) is 0. The SMILES string of the molecule is CC(C)n1cccc1C(=O)N[C@H](CO)C(=O)O. The molecule has 1 atom stereocenters. The number of amides is 1. The third kappa shape index (κ3) is 3.07. The molecular weight excluding hydrogens is 224 g/mol. The lowest BCUT2D eigenvalue weighted by atomic mass is 10.3. The lowest BCUT2D eigenvalue weighted by Crippen LogP contribution is -2.43. The van der Waals surface area contributed by atoms with Crippen LogP contribution in [-0.2, 0) is 4.79 Å². The molecule has 94 valence electrons. The van der Waals surface area contributed by atoms with Crippen LogP contribution in [0.25, 0.3) is 0 Å². The van der Waals surface area contributed by atoms with Crippen LogP contribution in [-0.4, -0.2) is 39.3 Å². The number of nitrogens with one attached hydrogen (secondary N) is 1. The van der Waals surface area contributed by atoms with Gasteiger partial charge in [-0.05, 0) is 26.0 Å². The minimum Gasteiger partial charge on any atom is -0.480 e. The van der Waals surface area contributed by atoms with E-state index in [-0.39, 0.29) is 6.04 Å². The molecule has 17 heavy (non-hydrogen) atoms. The molecule has 0 aliphatic heterocycles. The Morgan fingerprint density at radius 3 is 2.59 bits per heavy atom. The van der Waals surface area contributed by atoms with E-state index >= 15 is 0 Å². The molecule has 0 saturated carbocycles. The van der Waals surface area contributed by atoms with Crippen molar-refractivity contribution in [1.29, 1.82) is 0 Å². The van der Waals surface area contributed by atoms with Gasteiger partial charge in [-0.2, -0.15) is 0 Å². The van der Waals surface area contributed by atoms with E-state index in [0.29, 0.717) is 5.69 Å². The maximum Gasteiger partial charge on any atom is 0.328 e. The average Bonchev–Trinajstić information content (AvgIpc) is 2.73. The number of aliphatic hydroxyl groups is 1. The Morgan fingerprint density at radius 1 is 1.47 bits per heavy atom. The number of aliphatic carboxylic acids is 1. The number of hydrogen-bond donors (Lipinski definition) is 3. The van der Waals surface area contributed by atoms with Crippen molar-refractivity contribution >= 4 is 11.9 Å². The zero-order valence-electron chi connectivity index (χ0n) is 9.75. The fourth-order valence-corrected chi connectivity index (χ4v) is 1.45. The first kappa shape index (κ1) is 13.2. The topological polar surface area (TPSA) is 91.6 Å². The molecule has 0 aromatic carbocycles. The highest BCUT2D eigenvalue weighted by Crippen LogP contribution is 2.10. The van der Waals surface area contributed by atoms with Crippen LogP contribution < -0.4 is 5.32 Å². The molecule has 3 N–H and O–H groups in total. The van der Waals surface area contributed by atoms with Crippen LogP contribution in [0.15, 0.2) is 18.3 Å². The number of carboxylic acid groups (broad SMARTS) is 1. The number of hydrogen-bond acceptors (Lipinski definition) is 3. The smallest absolute Gasteiger partial charge is 0.328 e. The maximum atomic E-state index is 11.8. The number of nitrogens with zero attached hydrogens (tertiary/aromatic N) is 1. The second-order valence-corrected chi connectivity index (χ2v) is 3.94. The van der Waals surface area contributed by atoms with E-state index in [9.17, 15) is 9.59 Å². The van der Waals surface area contributed by atoms with E-state index in [1.807, 2.05) is 13.8 Å². The molecule has 0 saturated heterocycles. The molecule has 6 nitrogen and oxygen atoms in total. The first-order valence-electron chi connectivity index (χ1n) is 5.28. The summed E-state index contributed by atoms with van der Waals surface area (Å²) >= 11 is 0. The molecule has 1 amide bonds. The molecule has 1 heterocycles. The summed E-state index contributed by atoms with van der Waals surface area (Å²) in [4.78, 5) is 22.5. The summed E-state index contributed by atoms with van der Waals surface area (Å²) in [6.45, 7) is 3.19. The van der Waals surface area contributed by atoms with E-state index < -0.39 is 24.5 Å². The third-order valence-electron chi connectivity index (χ3n) is 2.35. The van der Waals surface area contributed by atoms with Gasteiger partial charge in [0.15, 0.2) is 6.04 Å². The van der Waals surface area contributed by atoms with Gasteiger partial charge < -0.3 is 20.1 Å². The van der Waals surface area contributed by atoms with Gasteiger partial charge in [0.1, 0.15) is 5.69 Å². The van der Waals surface area contributed by atoms with Crippen LogP contribution in [0.2, 0.25) is 0 Å². The minimum absolute atomic E-state index is 0.100. The zero-order valence-corrected chi connectivity index (χ0v) is 9.75. The molecule has 0 radical (unpaired) electrons. The second kappa shape index (κ2) is 5.49. The van der Waals surface area contributed by atoms with E-state index in [2.05, 4.69) is 5.32 Å². The van der Waals surface area contributed by atoms with Crippen molar-refractivity contribution in [2.75, 3.05) is 6.61 Å². The van der Waals surface area contributed by atoms with Crippen molar-refractivity contribution < 1.29 is 19.8 Å². The summed E-state index contributed by atoms with van der Waals surface area (Å²) in [5.74, 6) is -1.77. The summed E-state index contributed by atoms with van der Waals surface area (Å²) in [5.41, 5.74) is 0.375. The van der Waals surface area contributed by atoms with Crippen LogP contribution in [0.1, 0.15) is 30.4 Å². The molecule has 1 aromatic heterocycles. The van der Waals surface area contributed by atoms with Crippen molar-refractivity contribution in [3.8, 4) is 0 Å². The molecule has 1 rings (SSSR count). The summed E-state index contributed by atoms with van der Waals surface area (Å²) in [6, 6.07) is 2.14. The minimum atomic E-state index is -1.28. The van der Waals surface area contributed by atoms with Gasteiger partial charge in [-0.25, -0.2) is 4.79 Å². The molecule has 0 aliphatic rings. The molecule has 1 aromatic rings. The lowest BCUT2D eigenvalue weighted by molar-refractivity contribution is -0.140. The van der Waals surface area contributed by atoms with Crippen molar-refractivity contribution in [2.24, 2.45) is 0 Å².